The van der Waals surface area contributed by atoms with Gasteiger partial charge >= 0.3 is 0 Å². The molecular weight excluding hydrogens is 308 g/mol. The minimum atomic E-state index is -3.41. The van der Waals surface area contributed by atoms with Crippen molar-refractivity contribution in [3.63, 3.8) is 0 Å². The second-order valence-corrected chi connectivity index (χ2v) is 8.26. The van der Waals surface area contributed by atoms with Crippen LogP contribution < -0.4 is 4.72 Å². The van der Waals surface area contributed by atoms with Crippen molar-refractivity contribution >= 4 is 10.0 Å². The van der Waals surface area contributed by atoms with E-state index in [1.54, 1.807) is 12.1 Å². The van der Waals surface area contributed by atoms with E-state index in [4.69, 9.17) is 0 Å². The van der Waals surface area contributed by atoms with E-state index in [2.05, 4.69) is 23.5 Å². The van der Waals surface area contributed by atoms with Crippen LogP contribution in [0, 0.1) is 12.8 Å². The summed E-state index contributed by atoms with van der Waals surface area (Å²) in [6, 6.07) is 7.54. The third-order valence-corrected chi connectivity index (χ3v) is 6.46. The number of benzene rings is 1. The van der Waals surface area contributed by atoms with E-state index in [0.717, 1.165) is 25.1 Å². The Hall–Kier alpha value is -0.910. The number of nitrogens with one attached hydrogen (secondary N) is 1. The van der Waals surface area contributed by atoms with Crippen LogP contribution in [0.1, 0.15) is 45.1 Å². The molecule has 0 aromatic heterocycles. The van der Waals surface area contributed by atoms with Gasteiger partial charge in [0.1, 0.15) is 0 Å². The van der Waals surface area contributed by atoms with E-state index < -0.39 is 10.0 Å². The van der Waals surface area contributed by atoms with Gasteiger partial charge in [-0.05, 0) is 50.9 Å². The molecule has 130 valence electrons. The first-order valence-electron chi connectivity index (χ1n) is 8.78. The fourth-order valence-corrected chi connectivity index (χ4v) is 4.71. The van der Waals surface area contributed by atoms with Gasteiger partial charge in [-0.2, -0.15) is 0 Å². The Bertz CT molecular complexity index is 580. The second kappa shape index (κ2) is 8.27. The van der Waals surface area contributed by atoms with Crippen LogP contribution in [0.2, 0.25) is 0 Å². The zero-order chi connectivity index (χ0) is 16.9. The first-order valence-corrected chi connectivity index (χ1v) is 10.3. The van der Waals surface area contributed by atoms with Gasteiger partial charge in [-0.25, -0.2) is 13.1 Å². The molecular formula is C18H30N2O2S. The van der Waals surface area contributed by atoms with E-state index in [9.17, 15) is 8.42 Å². The van der Waals surface area contributed by atoms with Crippen LogP contribution >= 0.6 is 0 Å². The van der Waals surface area contributed by atoms with Gasteiger partial charge in [0.05, 0.1) is 4.90 Å². The molecule has 1 aromatic rings. The molecule has 1 aliphatic carbocycles. The summed E-state index contributed by atoms with van der Waals surface area (Å²) >= 11 is 0. The summed E-state index contributed by atoms with van der Waals surface area (Å²) < 4.78 is 27.8. The fourth-order valence-electron chi connectivity index (χ4n) is 3.62. The van der Waals surface area contributed by atoms with Crippen molar-refractivity contribution in [3.8, 4) is 0 Å². The zero-order valence-electron chi connectivity index (χ0n) is 14.6. The summed E-state index contributed by atoms with van der Waals surface area (Å²) in [5.41, 5.74) is 1.07. The van der Waals surface area contributed by atoms with Crippen molar-refractivity contribution in [3.05, 3.63) is 29.8 Å². The molecule has 5 heteroatoms. The Labute approximate surface area is 141 Å². The van der Waals surface area contributed by atoms with Gasteiger partial charge in [0.25, 0.3) is 0 Å². The molecule has 0 saturated heterocycles. The Morgan fingerprint density at radius 2 is 1.70 bits per heavy atom. The number of hydrogen-bond acceptors (Lipinski definition) is 3. The molecule has 2 rings (SSSR count). The molecule has 0 aliphatic heterocycles. The highest BCUT2D eigenvalue weighted by Crippen LogP contribution is 2.28. The molecule has 1 fully saturated rings. The Kier molecular flexibility index (Phi) is 6.62. The molecule has 0 heterocycles. The lowest BCUT2D eigenvalue weighted by atomic mass is 9.83. The molecule has 1 N–H and O–H groups in total. The van der Waals surface area contributed by atoms with Crippen molar-refractivity contribution in [2.45, 2.75) is 57.4 Å². The highest BCUT2D eigenvalue weighted by Gasteiger charge is 2.29. The van der Waals surface area contributed by atoms with Crippen LogP contribution in [0.15, 0.2) is 29.2 Å². The van der Waals surface area contributed by atoms with Gasteiger partial charge in [-0.1, -0.05) is 44.4 Å². The lowest BCUT2D eigenvalue weighted by Gasteiger charge is -2.39. The number of nitrogens with zero attached hydrogens (tertiary/aromatic N) is 1. The maximum Gasteiger partial charge on any atom is 0.240 e. The van der Waals surface area contributed by atoms with E-state index in [1.165, 1.54) is 19.3 Å². The first-order chi connectivity index (χ1) is 11.0. The average molecular weight is 339 g/mol. The van der Waals surface area contributed by atoms with Crippen molar-refractivity contribution < 1.29 is 8.42 Å². The number of rotatable bonds is 7. The monoisotopic (exact) mass is 338 g/mol. The Morgan fingerprint density at radius 3 is 2.30 bits per heavy atom. The number of sulfonamides is 1. The van der Waals surface area contributed by atoms with Gasteiger partial charge < -0.3 is 4.90 Å². The molecule has 0 bridgehead atoms. The molecule has 0 spiro atoms. The summed E-state index contributed by atoms with van der Waals surface area (Å²) in [5, 5.41) is 0. The molecule has 0 amide bonds. The molecule has 2 atom stereocenters. The summed E-state index contributed by atoms with van der Waals surface area (Å²) in [5.74, 6) is 0.406. The van der Waals surface area contributed by atoms with Gasteiger partial charge in [-0.15, -0.1) is 0 Å². The van der Waals surface area contributed by atoms with Crippen molar-refractivity contribution in [1.29, 1.82) is 0 Å². The maximum absolute atomic E-state index is 12.5. The highest BCUT2D eigenvalue weighted by atomic mass is 32.2. The van der Waals surface area contributed by atoms with E-state index in [1.807, 2.05) is 19.1 Å². The molecule has 23 heavy (non-hydrogen) atoms. The lowest BCUT2D eigenvalue weighted by molar-refractivity contribution is 0.116. The van der Waals surface area contributed by atoms with Gasteiger partial charge in [0.2, 0.25) is 10.0 Å². The standard InChI is InChI=1S/C18H30N2O2S/c1-4-20(5-2)18-9-7-6-8-16(18)14-19-23(21,22)17-12-10-15(3)11-13-17/h10-13,16,18-19H,4-9,14H2,1-3H3/t16-,18-/m0/s1. The molecule has 0 unspecified atom stereocenters. The third-order valence-electron chi connectivity index (χ3n) is 5.02. The summed E-state index contributed by atoms with van der Waals surface area (Å²) in [7, 11) is -3.41. The van der Waals surface area contributed by atoms with Crippen LogP contribution in [0.4, 0.5) is 0 Å². The zero-order valence-corrected chi connectivity index (χ0v) is 15.4. The van der Waals surface area contributed by atoms with Crippen molar-refractivity contribution in [2.24, 2.45) is 5.92 Å². The van der Waals surface area contributed by atoms with Crippen molar-refractivity contribution in [1.82, 2.24) is 9.62 Å². The topological polar surface area (TPSA) is 49.4 Å². The molecule has 4 nitrogen and oxygen atoms in total. The first kappa shape index (κ1) is 18.4. The van der Waals surface area contributed by atoms with Crippen molar-refractivity contribution in [2.75, 3.05) is 19.6 Å². The normalized spacial score (nSPS) is 22.4. The predicted molar refractivity (Wildman–Crippen MR) is 95.0 cm³/mol. The summed E-state index contributed by atoms with van der Waals surface area (Å²) in [6.45, 7) is 8.93. The second-order valence-electron chi connectivity index (χ2n) is 6.50. The molecule has 1 saturated carbocycles. The van der Waals surface area contributed by atoms with Gasteiger partial charge in [0.15, 0.2) is 0 Å². The van der Waals surface area contributed by atoms with E-state index in [-0.39, 0.29) is 0 Å². The summed E-state index contributed by atoms with van der Waals surface area (Å²) in [4.78, 5) is 2.84. The van der Waals surface area contributed by atoms with Crippen LogP contribution in [-0.4, -0.2) is 39.0 Å². The third kappa shape index (κ3) is 4.78. The predicted octanol–water partition coefficient (Wildman–Crippen LogP) is 3.17. The molecule has 1 aromatic carbocycles. The average Bonchev–Trinajstić information content (AvgIpc) is 2.55. The van der Waals surface area contributed by atoms with Crippen LogP contribution in [-0.2, 0) is 10.0 Å². The Balaban J connectivity index is 2.03. The SMILES string of the molecule is CCN(CC)[C@H]1CCCC[C@H]1CNS(=O)(=O)c1ccc(C)cc1. The highest BCUT2D eigenvalue weighted by molar-refractivity contribution is 7.89. The summed E-state index contributed by atoms with van der Waals surface area (Å²) in [6.07, 6.45) is 4.74. The smallest absolute Gasteiger partial charge is 0.240 e. The van der Waals surface area contributed by atoms with E-state index >= 15 is 0 Å². The fraction of sp³-hybridized carbons (Fsp3) is 0.667. The molecule has 0 radical (unpaired) electrons. The van der Waals surface area contributed by atoms with Gasteiger partial charge in [-0.3, -0.25) is 0 Å². The minimum absolute atomic E-state index is 0.360. The van der Waals surface area contributed by atoms with Gasteiger partial charge in [0, 0.05) is 12.6 Å². The van der Waals surface area contributed by atoms with Crippen LogP contribution in [0.25, 0.3) is 0 Å². The quantitative estimate of drug-likeness (QED) is 0.831. The lowest BCUT2D eigenvalue weighted by Crippen LogP contribution is -2.46. The Morgan fingerprint density at radius 1 is 1.09 bits per heavy atom. The largest absolute Gasteiger partial charge is 0.301 e. The van der Waals surface area contributed by atoms with E-state index in [0.29, 0.717) is 23.4 Å². The number of aryl methyl sites for hydroxylation is 1. The van der Waals surface area contributed by atoms with Crippen LogP contribution in [0.5, 0.6) is 0 Å². The number of hydrogen-bond donors (Lipinski definition) is 1. The van der Waals surface area contributed by atoms with Crippen LogP contribution in [0.3, 0.4) is 0 Å². The minimum Gasteiger partial charge on any atom is -0.301 e. The maximum atomic E-state index is 12.5. The molecule has 1 aliphatic rings.